The van der Waals surface area contributed by atoms with Gasteiger partial charge in [-0.05, 0) is 19.4 Å². The minimum atomic E-state index is -0.935. The largest absolute Gasteiger partial charge is 0.481 e. The van der Waals surface area contributed by atoms with Gasteiger partial charge in [0.15, 0.2) is 0 Å². The first kappa shape index (κ1) is 16.9. The van der Waals surface area contributed by atoms with E-state index in [-0.39, 0.29) is 18.7 Å². The minimum absolute atomic E-state index is 0.0400. The van der Waals surface area contributed by atoms with E-state index in [1.54, 1.807) is 6.07 Å². The number of rotatable bonds is 6. The third kappa shape index (κ3) is 5.38. The van der Waals surface area contributed by atoms with E-state index in [9.17, 15) is 19.7 Å². The average Bonchev–Trinajstić information content (AvgIpc) is 2.38. The standard InChI is InChI=1S/C12H14BrN3O5/c1-7-9(5-8(13)6-10(7)16(20)21)15-12(19)14-4-2-3-11(17)18/h5-6H,2-4H2,1H3,(H,17,18)(H2,14,15,19). The average molecular weight is 360 g/mol. The second-order valence-corrected chi connectivity index (χ2v) is 5.15. The number of urea groups is 1. The van der Waals surface area contributed by atoms with Crippen molar-refractivity contribution in [3.8, 4) is 0 Å². The molecule has 3 N–H and O–H groups in total. The number of anilines is 1. The van der Waals surface area contributed by atoms with E-state index in [2.05, 4.69) is 26.6 Å². The van der Waals surface area contributed by atoms with E-state index in [0.717, 1.165) is 0 Å². The van der Waals surface area contributed by atoms with Gasteiger partial charge in [-0.3, -0.25) is 14.9 Å². The van der Waals surface area contributed by atoms with Gasteiger partial charge in [0.05, 0.1) is 16.2 Å². The molecule has 9 heteroatoms. The summed E-state index contributed by atoms with van der Waals surface area (Å²) in [6.07, 6.45) is 0.266. The van der Waals surface area contributed by atoms with E-state index >= 15 is 0 Å². The molecule has 0 aliphatic heterocycles. The fourth-order valence-electron chi connectivity index (χ4n) is 1.59. The van der Waals surface area contributed by atoms with E-state index in [0.29, 0.717) is 22.1 Å². The maximum Gasteiger partial charge on any atom is 0.319 e. The lowest BCUT2D eigenvalue weighted by atomic mass is 10.1. The maximum atomic E-state index is 11.6. The van der Waals surface area contributed by atoms with Gasteiger partial charge in [-0.15, -0.1) is 0 Å². The van der Waals surface area contributed by atoms with Crippen molar-refractivity contribution in [2.45, 2.75) is 19.8 Å². The number of halogens is 1. The summed E-state index contributed by atoms with van der Waals surface area (Å²) >= 11 is 3.14. The molecule has 0 aliphatic carbocycles. The van der Waals surface area contributed by atoms with Crippen molar-refractivity contribution in [2.75, 3.05) is 11.9 Å². The number of hydrogen-bond acceptors (Lipinski definition) is 4. The normalized spacial score (nSPS) is 10.0. The van der Waals surface area contributed by atoms with Gasteiger partial charge in [0.1, 0.15) is 0 Å². The van der Waals surface area contributed by atoms with Crippen molar-refractivity contribution in [1.82, 2.24) is 5.32 Å². The van der Waals surface area contributed by atoms with Crippen LogP contribution in [0, 0.1) is 17.0 Å². The van der Waals surface area contributed by atoms with Crippen LogP contribution in [0.3, 0.4) is 0 Å². The lowest BCUT2D eigenvalue weighted by Crippen LogP contribution is -2.30. The van der Waals surface area contributed by atoms with Crippen molar-refractivity contribution < 1.29 is 19.6 Å². The molecule has 0 aliphatic rings. The Hall–Kier alpha value is -2.16. The van der Waals surface area contributed by atoms with Crippen molar-refractivity contribution >= 4 is 39.3 Å². The van der Waals surface area contributed by atoms with Gasteiger partial charge >= 0.3 is 12.0 Å². The van der Waals surface area contributed by atoms with Gasteiger partial charge in [0, 0.05) is 23.5 Å². The quantitative estimate of drug-likeness (QED) is 0.409. The molecule has 0 unspecified atom stereocenters. The molecule has 0 heterocycles. The molecule has 1 rings (SSSR count). The molecule has 0 atom stereocenters. The van der Waals surface area contributed by atoms with Crippen LogP contribution in [-0.2, 0) is 4.79 Å². The summed E-state index contributed by atoms with van der Waals surface area (Å²) in [5.74, 6) is -0.935. The number of nitro benzene ring substituents is 1. The lowest BCUT2D eigenvalue weighted by molar-refractivity contribution is -0.385. The summed E-state index contributed by atoms with van der Waals surface area (Å²) in [7, 11) is 0. The van der Waals surface area contributed by atoms with E-state index < -0.39 is 16.9 Å². The monoisotopic (exact) mass is 359 g/mol. The van der Waals surface area contributed by atoms with Crippen LogP contribution < -0.4 is 10.6 Å². The second-order valence-electron chi connectivity index (χ2n) is 4.23. The minimum Gasteiger partial charge on any atom is -0.481 e. The predicted octanol–water partition coefficient (Wildman–Crippen LogP) is 2.65. The number of carboxylic acids is 1. The first-order valence-electron chi connectivity index (χ1n) is 6.02. The Balaban J connectivity index is 2.68. The lowest BCUT2D eigenvalue weighted by Gasteiger charge is -2.10. The number of carboxylic acid groups (broad SMARTS) is 1. The summed E-state index contributed by atoms with van der Waals surface area (Å²) in [5, 5.41) is 24.3. The van der Waals surface area contributed by atoms with Crippen LogP contribution in [0.15, 0.2) is 16.6 Å². The molecule has 0 fully saturated rings. The number of carbonyl (C=O) groups excluding carboxylic acids is 1. The third-order valence-corrected chi connectivity index (χ3v) is 3.10. The van der Waals surface area contributed by atoms with Crippen molar-refractivity contribution in [3.63, 3.8) is 0 Å². The molecule has 1 aromatic rings. The zero-order chi connectivity index (χ0) is 16.0. The van der Waals surface area contributed by atoms with E-state index in [1.165, 1.54) is 13.0 Å². The first-order chi connectivity index (χ1) is 9.81. The maximum absolute atomic E-state index is 11.6. The third-order valence-electron chi connectivity index (χ3n) is 2.64. The number of nitro groups is 1. The number of nitrogens with one attached hydrogen (secondary N) is 2. The topological polar surface area (TPSA) is 122 Å². The van der Waals surface area contributed by atoms with Gasteiger partial charge in [0.2, 0.25) is 0 Å². The smallest absolute Gasteiger partial charge is 0.319 e. The van der Waals surface area contributed by atoms with Crippen LogP contribution in [0.25, 0.3) is 0 Å². The van der Waals surface area contributed by atoms with E-state index in [1.807, 2.05) is 0 Å². The SMILES string of the molecule is Cc1c(NC(=O)NCCCC(=O)O)cc(Br)cc1[N+](=O)[O-]. The van der Waals surface area contributed by atoms with Crippen LogP contribution in [0.1, 0.15) is 18.4 Å². The molecule has 0 bridgehead atoms. The summed E-state index contributed by atoms with van der Waals surface area (Å²) in [4.78, 5) is 32.3. The number of hydrogen-bond donors (Lipinski definition) is 3. The number of amides is 2. The Morgan fingerprint density at radius 2 is 2.10 bits per heavy atom. The summed E-state index contributed by atoms with van der Waals surface area (Å²) in [6, 6.07) is 2.36. The van der Waals surface area contributed by atoms with Crippen LogP contribution in [0.5, 0.6) is 0 Å². The molecule has 2 amide bonds. The Labute approximate surface area is 128 Å². The van der Waals surface area contributed by atoms with Crippen LogP contribution >= 0.6 is 15.9 Å². The molecule has 21 heavy (non-hydrogen) atoms. The zero-order valence-corrected chi connectivity index (χ0v) is 12.8. The molecule has 0 radical (unpaired) electrons. The molecule has 114 valence electrons. The number of benzene rings is 1. The number of nitrogens with zero attached hydrogens (tertiary/aromatic N) is 1. The van der Waals surface area contributed by atoms with Crippen molar-refractivity contribution in [2.24, 2.45) is 0 Å². The highest BCUT2D eigenvalue weighted by Crippen LogP contribution is 2.30. The Morgan fingerprint density at radius 1 is 1.43 bits per heavy atom. The van der Waals surface area contributed by atoms with Gasteiger partial charge in [-0.2, -0.15) is 0 Å². The highest BCUT2D eigenvalue weighted by molar-refractivity contribution is 9.10. The van der Waals surface area contributed by atoms with Gasteiger partial charge in [-0.1, -0.05) is 15.9 Å². The van der Waals surface area contributed by atoms with Gasteiger partial charge in [0.25, 0.3) is 5.69 Å². The second kappa shape index (κ2) is 7.58. The molecule has 1 aromatic carbocycles. The molecule has 0 spiro atoms. The first-order valence-corrected chi connectivity index (χ1v) is 6.81. The van der Waals surface area contributed by atoms with Gasteiger partial charge < -0.3 is 15.7 Å². The molecule has 0 aromatic heterocycles. The van der Waals surface area contributed by atoms with Gasteiger partial charge in [-0.25, -0.2) is 4.79 Å². The molecule has 8 nitrogen and oxygen atoms in total. The highest BCUT2D eigenvalue weighted by Gasteiger charge is 2.16. The fraction of sp³-hybridized carbons (Fsp3) is 0.333. The highest BCUT2D eigenvalue weighted by atomic mass is 79.9. The molecular weight excluding hydrogens is 346 g/mol. The van der Waals surface area contributed by atoms with E-state index in [4.69, 9.17) is 5.11 Å². The van der Waals surface area contributed by atoms with Crippen molar-refractivity contribution in [3.05, 3.63) is 32.3 Å². The molecule has 0 saturated heterocycles. The zero-order valence-electron chi connectivity index (χ0n) is 11.2. The summed E-state index contributed by atoms with van der Waals surface area (Å²) in [6.45, 7) is 1.73. The van der Waals surface area contributed by atoms with Crippen LogP contribution in [-0.4, -0.2) is 28.6 Å². The Bertz CT molecular complexity index is 576. The Kier molecular flexibility index (Phi) is 6.10. The molecular formula is C12H14BrN3O5. The Morgan fingerprint density at radius 3 is 2.67 bits per heavy atom. The molecule has 0 saturated carbocycles. The van der Waals surface area contributed by atoms with Crippen molar-refractivity contribution in [1.29, 1.82) is 0 Å². The van der Waals surface area contributed by atoms with Crippen LogP contribution in [0.2, 0.25) is 0 Å². The fourth-order valence-corrected chi connectivity index (χ4v) is 2.04. The number of aliphatic carboxylic acids is 1. The summed E-state index contributed by atoms with van der Waals surface area (Å²) < 4.78 is 0.473. The summed E-state index contributed by atoms with van der Waals surface area (Å²) in [5.41, 5.74) is 0.543. The predicted molar refractivity (Wildman–Crippen MR) is 79.4 cm³/mol. The number of carbonyl (C=O) groups is 2. The van der Waals surface area contributed by atoms with Crippen LogP contribution in [0.4, 0.5) is 16.2 Å².